The smallest absolute Gasteiger partial charge is 0.335 e. The molecule has 1 aliphatic carbocycles. The first-order valence-corrected chi connectivity index (χ1v) is 12.6. The fraction of sp³-hybridized carbons (Fsp3) is 0.357. The molecule has 202 valence electrons. The Morgan fingerprint density at radius 1 is 0.947 bits per heavy atom. The Bertz CT molecular complexity index is 1270. The second kappa shape index (κ2) is 10.9. The van der Waals surface area contributed by atoms with Gasteiger partial charge < -0.3 is 10.6 Å². The van der Waals surface area contributed by atoms with Crippen molar-refractivity contribution in [2.75, 3.05) is 0 Å². The molecule has 1 saturated carbocycles. The highest BCUT2D eigenvalue weighted by atomic mass is 35.5. The second-order valence-corrected chi connectivity index (χ2v) is 10.1. The molecule has 1 atom stereocenters. The fourth-order valence-corrected chi connectivity index (χ4v) is 5.17. The Hall–Kier alpha value is -3.20. The molecule has 4 nitrogen and oxygen atoms in total. The van der Waals surface area contributed by atoms with Gasteiger partial charge in [-0.25, -0.2) is 13.6 Å². The lowest BCUT2D eigenvalue weighted by Gasteiger charge is -2.37. The molecule has 3 aromatic rings. The van der Waals surface area contributed by atoms with E-state index in [1.54, 1.807) is 30.3 Å². The van der Waals surface area contributed by atoms with Crippen LogP contribution in [0.1, 0.15) is 60.6 Å². The largest absolute Gasteiger partial charge is 0.416 e. The minimum atomic E-state index is -4.66. The minimum absolute atomic E-state index is 0.0399. The summed E-state index contributed by atoms with van der Waals surface area (Å²) < 4.78 is 69.4. The van der Waals surface area contributed by atoms with E-state index in [1.165, 1.54) is 12.1 Å². The predicted molar refractivity (Wildman–Crippen MR) is 135 cm³/mol. The maximum Gasteiger partial charge on any atom is 0.416 e. The van der Waals surface area contributed by atoms with E-state index in [4.69, 9.17) is 11.6 Å². The molecule has 2 amide bonds. The zero-order chi connectivity index (χ0) is 27.6. The standard InChI is InChI=1S/C28H27ClF5N3O/c1-26(30,31)21-15-23(29)24(35-17-21)27(16-18-8-3-2-4-9-18,37-25(38)36-22-12-5-6-13-22)19-10-7-11-20(14-19)28(32,33)34/h2-4,7-11,14-15,17,22H,5-6,12-13,16H2,1H3,(H2,36,37,38). The lowest BCUT2D eigenvalue weighted by atomic mass is 9.79. The minimum Gasteiger partial charge on any atom is -0.335 e. The molecule has 0 saturated heterocycles. The Labute approximate surface area is 222 Å². The van der Waals surface area contributed by atoms with Crippen molar-refractivity contribution in [1.29, 1.82) is 0 Å². The molecule has 1 unspecified atom stereocenters. The van der Waals surface area contributed by atoms with Crippen molar-refractivity contribution in [2.24, 2.45) is 0 Å². The number of carbonyl (C=O) groups is 1. The second-order valence-electron chi connectivity index (χ2n) is 9.67. The number of urea groups is 1. The van der Waals surface area contributed by atoms with Crippen LogP contribution in [-0.2, 0) is 24.1 Å². The fourth-order valence-electron chi connectivity index (χ4n) is 4.84. The van der Waals surface area contributed by atoms with Crippen molar-refractivity contribution in [3.63, 3.8) is 0 Å². The average molecular weight is 552 g/mol. The van der Waals surface area contributed by atoms with Crippen LogP contribution in [0.4, 0.5) is 26.7 Å². The average Bonchev–Trinajstić information content (AvgIpc) is 3.36. The topological polar surface area (TPSA) is 54.0 Å². The monoisotopic (exact) mass is 551 g/mol. The number of rotatable bonds is 7. The van der Waals surface area contributed by atoms with Gasteiger partial charge in [0.05, 0.1) is 16.3 Å². The summed E-state index contributed by atoms with van der Waals surface area (Å²) in [6, 6.07) is 13.6. The van der Waals surface area contributed by atoms with E-state index in [0.717, 1.165) is 50.1 Å². The van der Waals surface area contributed by atoms with Crippen LogP contribution >= 0.6 is 11.6 Å². The molecule has 10 heteroatoms. The Balaban J connectivity index is 1.92. The molecule has 1 aromatic heterocycles. The van der Waals surface area contributed by atoms with Crippen molar-refractivity contribution in [2.45, 2.75) is 62.7 Å². The molecule has 1 aliphatic rings. The maximum absolute atomic E-state index is 14.1. The van der Waals surface area contributed by atoms with Gasteiger partial charge in [-0.3, -0.25) is 4.98 Å². The van der Waals surface area contributed by atoms with Gasteiger partial charge in [0, 0.05) is 31.1 Å². The van der Waals surface area contributed by atoms with Gasteiger partial charge in [0.15, 0.2) is 0 Å². The molecule has 0 aliphatic heterocycles. The lowest BCUT2D eigenvalue weighted by Crippen LogP contribution is -2.54. The number of benzene rings is 2. The molecule has 38 heavy (non-hydrogen) atoms. The molecule has 0 bridgehead atoms. The SMILES string of the molecule is CC(F)(F)c1cnc(C(Cc2ccccc2)(NC(=O)NC2CCCC2)c2cccc(C(F)(F)F)c2)c(Cl)c1. The van der Waals surface area contributed by atoms with E-state index in [1.807, 2.05) is 0 Å². The first kappa shape index (κ1) is 27.8. The van der Waals surface area contributed by atoms with E-state index in [2.05, 4.69) is 15.6 Å². The molecule has 1 heterocycles. The van der Waals surface area contributed by atoms with Crippen molar-refractivity contribution in [3.8, 4) is 0 Å². The van der Waals surface area contributed by atoms with Crippen LogP contribution in [0.3, 0.4) is 0 Å². The van der Waals surface area contributed by atoms with Crippen LogP contribution in [0.15, 0.2) is 66.9 Å². The molecular weight excluding hydrogens is 525 g/mol. The molecule has 0 radical (unpaired) electrons. The Morgan fingerprint density at radius 2 is 1.61 bits per heavy atom. The summed E-state index contributed by atoms with van der Waals surface area (Å²) in [6.07, 6.45) is -0.301. The van der Waals surface area contributed by atoms with Crippen LogP contribution in [0.25, 0.3) is 0 Å². The van der Waals surface area contributed by atoms with Crippen LogP contribution in [0.5, 0.6) is 0 Å². The summed E-state index contributed by atoms with van der Waals surface area (Å²) >= 11 is 6.53. The van der Waals surface area contributed by atoms with Crippen LogP contribution in [0.2, 0.25) is 5.02 Å². The number of halogens is 6. The predicted octanol–water partition coefficient (Wildman–Crippen LogP) is 7.59. The first-order valence-electron chi connectivity index (χ1n) is 12.2. The van der Waals surface area contributed by atoms with Crippen LogP contribution < -0.4 is 10.6 Å². The number of aromatic nitrogens is 1. The number of nitrogens with one attached hydrogen (secondary N) is 2. The van der Waals surface area contributed by atoms with Gasteiger partial charge in [-0.1, -0.05) is 66.9 Å². The van der Waals surface area contributed by atoms with Gasteiger partial charge in [0.25, 0.3) is 5.92 Å². The third kappa shape index (κ3) is 6.26. The Morgan fingerprint density at radius 3 is 2.21 bits per heavy atom. The number of pyridine rings is 1. The van der Waals surface area contributed by atoms with Gasteiger partial charge in [-0.2, -0.15) is 13.2 Å². The van der Waals surface area contributed by atoms with E-state index >= 15 is 0 Å². The normalized spacial score (nSPS) is 16.2. The van der Waals surface area contributed by atoms with Gasteiger partial charge in [-0.15, -0.1) is 0 Å². The highest BCUT2D eigenvalue weighted by molar-refractivity contribution is 6.31. The summed E-state index contributed by atoms with van der Waals surface area (Å²) in [5.41, 5.74) is -2.43. The lowest BCUT2D eigenvalue weighted by molar-refractivity contribution is -0.137. The number of alkyl halides is 5. The van der Waals surface area contributed by atoms with Gasteiger partial charge >= 0.3 is 12.2 Å². The molecule has 1 fully saturated rings. The quantitative estimate of drug-likeness (QED) is 0.297. The summed E-state index contributed by atoms with van der Waals surface area (Å²) in [5.74, 6) is -3.25. The highest BCUT2D eigenvalue weighted by Crippen LogP contribution is 2.40. The van der Waals surface area contributed by atoms with Crippen molar-refractivity contribution >= 4 is 17.6 Å². The van der Waals surface area contributed by atoms with E-state index < -0.39 is 34.8 Å². The number of carbonyl (C=O) groups excluding carboxylic acids is 1. The van der Waals surface area contributed by atoms with Crippen LogP contribution in [0, 0.1) is 0 Å². The molecule has 4 rings (SSSR count). The van der Waals surface area contributed by atoms with Gasteiger partial charge in [0.2, 0.25) is 0 Å². The summed E-state index contributed by atoms with van der Waals surface area (Å²) in [7, 11) is 0. The third-order valence-electron chi connectivity index (χ3n) is 6.76. The number of amides is 2. The van der Waals surface area contributed by atoms with E-state index in [0.29, 0.717) is 12.5 Å². The zero-order valence-electron chi connectivity index (χ0n) is 20.6. The number of hydrogen-bond donors (Lipinski definition) is 2. The van der Waals surface area contributed by atoms with E-state index in [-0.39, 0.29) is 28.7 Å². The summed E-state index contributed by atoms with van der Waals surface area (Å²) in [4.78, 5) is 17.6. The van der Waals surface area contributed by atoms with E-state index in [9.17, 15) is 26.7 Å². The molecule has 2 aromatic carbocycles. The van der Waals surface area contributed by atoms with Gasteiger partial charge in [0.1, 0.15) is 5.54 Å². The number of hydrogen-bond acceptors (Lipinski definition) is 2. The highest BCUT2D eigenvalue weighted by Gasteiger charge is 2.42. The molecule has 0 spiro atoms. The molecule has 2 N–H and O–H groups in total. The Kier molecular flexibility index (Phi) is 7.97. The first-order chi connectivity index (χ1) is 17.9. The summed E-state index contributed by atoms with van der Waals surface area (Å²) in [5, 5.41) is 5.55. The zero-order valence-corrected chi connectivity index (χ0v) is 21.3. The van der Waals surface area contributed by atoms with Crippen molar-refractivity contribution < 1.29 is 26.7 Å². The van der Waals surface area contributed by atoms with Gasteiger partial charge in [-0.05, 0) is 42.2 Å². The third-order valence-corrected chi connectivity index (χ3v) is 7.05. The summed E-state index contributed by atoms with van der Waals surface area (Å²) in [6.45, 7) is 0.692. The number of nitrogens with zero attached hydrogens (tertiary/aromatic N) is 1. The molecular formula is C28H27ClF5N3O. The van der Waals surface area contributed by atoms with Crippen molar-refractivity contribution in [3.05, 3.63) is 99.8 Å². The maximum atomic E-state index is 14.1. The van der Waals surface area contributed by atoms with Crippen LogP contribution in [-0.4, -0.2) is 17.1 Å². The van der Waals surface area contributed by atoms with Crippen molar-refractivity contribution in [1.82, 2.24) is 15.6 Å².